The molecule has 1 N–H and O–H groups in total. The third kappa shape index (κ3) is 3.43. The average molecular weight is 381 g/mol. The molecule has 2 aromatic rings. The predicted molar refractivity (Wildman–Crippen MR) is 103 cm³/mol. The fourth-order valence-corrected chi connectivity index (χ4v) is 3.86. The highest BCUT2D eigenvalue weighted by atomic mass is 16.6. The van der Waals surface area contributed by atoms with E-state index in [1.54, 1.807) is 6.92 Å². The number of aryl methyl sites for hydroxylation is 1. The van der Waals surface area contributed by atoms with Crippen LogP contribution in [0.25, 0.3) is 0 Å². The van der Waals surface area contributed by atoms with Crippen molar-refractivity contribution in [2.75, 3.05) is 31.6 Å². The first kappa shape index (κ1) is 18.4. The van der Waals surface area contributed by atoms with Crippen molar-refractivity contribution < 1.29 is 18.7 Å². The van der Waals surface area contributed by atoms with E-state index in [4.69, 9.17) is 13.9 Å². The number of likely N-dealkylation sites (tertiary alicyclic amines) is 1. The molecular weight excluding hydrogens is 358 g/mol. The number of benzene rings is 1. The number of amides is 1. The van der Waals surface area contributed by atoms with Crippen LogP contribution >= 0.6 is 0 Å². The Balaban J connectivity index is 1.46. The van der Waals surface area contributed by atoms with Gasteiger partial charge in [0.25, 0.3) is 0 Å². The largest absolute Gasteiger partial charge is 0.486 e. The van der Waals surface area contributed by atoms with E-state index in [0.717, 1.165) is 42.0 Å². The van der Waals surface area contributed by atoms with Crippen LogP contribution in [0.4, 0.5) is 5.88 Å². The monoisotopic (exact) mass is 381 g/mol. The molecule has 2 aliphatic heterocycles. The summed E-state index contributed by atoms with van der Waals surface area (Å²) in [5.74, 6) is 2.22. The summed E-state index contributed by atoms with van der Waals surface area (Å²) in [6.45, 7) is 5.79. The number of ether oxygens (including phenoxy) is 2. The summed E-state index contributed by atoms with van der Waals surface area (Å²) in [5.41, 5.74) is 2.26. The molecule has 28 heavy (non-hydrogen) atoms. The van der Waals surface area contributed by atoms with Gasteiger partial charge in [-0.25, -0.2) is 0 Å². The van der Waals surface area contributed by atoms with Crippen molar-refractivity contribution in [1.29, 1.82) is 5.26 Å². The smallest absolute Gasteiger partial charge is 0.240 e. The summed E-state index contributed by atoms with van der Waals surface area (Å²) in [6.07, 6.45) is 2.00. The normalized spacial score (nSPS) is 18.7. The molecule has 7 nitrogen and oxygen atoms in total. The summed E-state index contributed by atoms with van der Waals surface area (Å²) in [7, 11) is 0. The van der Waals surface area contributed by atoms with Crippen LogP contribution in [0, 0.1) is 25.2 Å². The first-order valence-electron chi connectivity index (χ1n) is 9.50. The van der Waals surface area contributed by atoms with Gasteiger partial charge in [0, 0.05) is 11.6 Å². The molecule has 1 amide bonds. The Morgan fingerprint density at radius 2 is 2.07 bits per heavy atom. The van der Waals surface area contributed by atoms with E-state index in [2.05, 4.69) is 16.3 Å². The molecule has 0 saturated carbocycles. The fraction of sp³-hybridized carbons (Fsp3) is 0.429. The van der Waals surface area contributed by atoms with Gasteiger partial charge in [0.15, 0.2) is 11.5 Å². The van der Waals surface area contributed by atoms with Crippen molar-refractivity contribution in [3.63, 3.8) is 0 Å². The number of hydrogen-bond donors (Lipinski definition) is 1. The standard InChI is InChI=1S/C21H23N3O4/c1-13-14(2)28-21(16(13)11-22)23-20(25)12-24-7-3-4-17(24)15-5-6-18-19(10-15)27-9-8-26-18/h5-6,10,17H,3-4,7-9,12H2,1-2H3,(H,23,25). The van der Waals surface area contributed by atoms with Gasteiger partial charge in [-0.05, 0) is 50.9 Å². The van der Waals surface area contributed by atoms with Crippen LogP contribution < -0.4 is 14.8 Å². The lowest BCUT2D eigenvalue weighted by molar-refractivity contribution is -0.117. The second-order valence-corrected chi connectivity index (χ2v) is 7.18. The number of anilines is 1. The Hall–Kier alpha value is -2.98. The van der Waals surface area contributed by atoms with Crippen molar-refractivity contribution in [2.24, 2.45) is 0 Å². The number of nitrogens with one attached hydrogen (secondary N) is 1. The van der Waals surface area contributed by atoms with Gasteiger partial charge in [-0.2, -0.15) is 5.26 Å². The van der Waals surface area contributed by atoms with E-state index in [0.29, 0.717) is 24.5 Å². The molecular formula is C21H23N3O4. The van der Waals surface area contributed by atoms with Crippen molar-refractivity contribution in [1.82, 2.24) is 4.90 Å². The van der Waals surface area contributed by atoms with Crippen LogP contribution in [-0.4, -0.2) is 37.1 Å². The Kier molecular flexibility index (Phi) is 4.97. The topological polar surface area (TPSA) is 87.7 Å². The lowest BCUT2D eigenvalue weighted by Crippen LogP contribution is -2.33. The number of hydrogen-bond acceptors (Lipinski definition) is 6. The maximum Gasteiger partial charge on any atom is 0.240 e. The third-order valence-corrected chi connectivity index (χ3v) is 5.41. The molecule has 0 bridgehead atoms. The Morgan fingerprint density at radius 1 is 1.29 bits per heavy atom. The molecule has 7 heteroatoms. The van der Waals surface area contributed by atoms with Crippen molar-refractivity contribution in [3.8, 4) is 17.6 Å². The molecule has 1 atom stereocenters. The number of carbonyl (C=O) groups is 1. The van der Waals surface area contributed by atoms with Crippen LogP contribution in [0.5, 0.6) is 11.5 Å². The van der Waals surface area contributed by atoms with Gasteiger partial charge in [-0.15, -0.1) is 0 Å². The maximum atomic E-state index is 12.6. The number of furan rings is 1. The minimum atomic E-state index is -0.185. The van der Waals surface area contributed by atoms with Gasteiger partial charge in [-0.1, -0.05) is 6.07 Å². The van der Waals surface area contributed by atoms with Crippen molar-refractivity contribution in [3.05, 3.63) is 40.6 Å². The van der Waals surface area contributed by atoms with Gasteiger partial charge in [0.1, 0.15) is 30.6 Å². The zero-order valence-corrected chi connectivity index (χ0v) is 16.1. The molecule has 1 saturated heterocycles. The molecule has 0 radical (unpaired) electrons. The highest BCUT2D eigenvalue weighted by Gasteiger charge is 2.29. The molecule has 146 valence electrons. The predicted octanol–water partition coefficient (Wildman–Crippen LogP) is 3.31. The van der Waals surface area contributed by atoms with Gasteiger partial charge < -0.3 is 13.9 Å². The lowest BCUT2D eigenvalue weighted by atomic mass is 10.0. The molecule has 2 aliphatic rings. The van der Waals surface area contributed by atoms with E-state index >= 15 is 0 Å². The molecule has 0 spiro atoms. The molecule has 1 unspecified atom stereocenters. The summed E-state index contributed by atoms with van der Waals surface area (Å²) in [5, 5.41) is 12.1. The fourth-order valence-electron chi connectivity index (χ4n) is 3.86. The zero-order chi connectivity index (χ0) is 19.7. The van der Waals surface area contributed by atoms with Crippen LogP contribution in [0.1, 0.15) is 41.3 Å². The van der Waals surface area contributed by atoms with Gasteiger partial charge in [0.2, 0.25) is 11.8 Å². The molecule has 1 fully saturated rings. The number of fused-ring (bicyclic) bond motifs is 1. The van der Waals surface area contributed by atoms with Gasteiger partial charge >= 0.3 is 0 Å². The van der Waals surface area contributed by atoms with Gasteiger partial charge in [-0.3, -0.25) is 15.0 Å². The minimum absolute atomic E-state index is 0.150. The second kappa shape index (κ2) is 7.56. The Labute approximate surface area is 163 Å². The van der Waals surface area contributed by atoms with E-state index < -0.39 is 0 Å². The van der Waals surface area contributed by atoms with E-state index in [1.165, 1.54) is 0 Å². The molecule has 1 aromatic heterocycles. The number of nitriles is 1. The first-order chi connectivity index (χ1) is 13.6. The number of carbonyl (C=O) groups excluding carboxylic acids is 1. The third-order valence-electron chi connectivity index (χ3n) is 5.41. The van der Waals surface area contributed by atoms with E-state index in [-0.39, 0.29) is 24.4 Å². The summed E-state index contributed by atoms with van der Waals surface area (Å²) < 4.78 is 16.8. The van der Waals surface area contributed by atoms with Crippen LogP contribution in [0.3, 0.4) is 0 Å². The molecule has 0 aliphatic carbocycles. The van der Waals surface area contributed by atoms with Crippen LogP contribution in [-0.2, 0) is 4.79 Å². The van der Waals surface area contributed by atoms with Crippen LogP contribution in [0.2, 0.25) is 0 Å². The molecule has 1 aromatic carbocycles. The summed E-state index contributed by atoms with van der Waals surface area (Å²) in [6, 6.07) is 8.25. The Morgan fingerprint density at radius 3 is 2.86 bits per heavy atom. The zero-order valence-electron chi connectivity index (χ0n) is 16.1. The minimum Gasteiger partial charge on any atom is -0.486 e. The summed E-state index contributed by atoms with van der Waals surface area (Å²) >= 11 is 0. The van der Waals surface area contributed by atoms with E-state index in [1.807, 2.05) is 25.1 Å². The average Bonchev–Trinajstić information content (AvgIpc) is 3.25. The highest BCUT2D eigenvalue weighted by Crippen LogP contribution is 2.38. The highest BCUT2D eigenvalue weighted by molar-refractivity contribution is 5.92. The maximum absolute atomic E-state index is 12.6. The van der Waals surface area contributed by atoms with Crippen molar-refractivity contribution >= 4 is 11.8 Å². The lowest BCUT2D eigenvalue weighted by Gasteiger charge is -2.26. The SMILES string of the molecule is Cc1oc(NC(=O)CN2CCCC2c2ccc3c(c2)OCCO3)c(C#N)c1C. The quantitative estimate of drug-likeness (QED) is 0.874. The molecule has 3 heterocycles. The van der Waals surface area contributed by atoms with E-state index in [9.17, 15) is 10.1 Å². The number of nitrogens with zero attached hydrogens (tertiary/aromatic N) is 2. The van der Waals surface area contributed by atoms with Crippen molar-refractivity contribution in [2.45, 2.75) is 32.7 Å². The van der Waals surface area contributed by atoms with Crippen LogP contribution in [0.15, 0.2) is 22.6 Å². The van der Waals surface area contributed by atoms with Gasteiger partial charge in [0.05, 0.1) is 6.54 Å². The first-order valence-corrected chi connectivity index (χ1v) is 9.50. The Bertz CT molecular complexity index is 944. The summed E-state index contributed by atoms with van der Waals surface area (Å²) in [4.78, 5) is 14.7. The molecule has 4 rings (SSSR count). The number of rotatable bonds is 4. The second-order valence-electron chi connectivity index (χ2n) is 7.18.